The first-order valence-electron chi connectivity index (χ1n) is 7.00. The number of carbonyl (C=O) groups is 1. The van der Waals surface area contributed by atoms with Crippen molar-refractivity contribution in [1.29, 1.82) is 0 Å². The quantitative estimate of drug-likeness (QED) is 0.792. The van der Waals surface area contributed by atoms with Crippen LogP contribution in [0.1, 0.15) is 15.9 Å². The van der Waals surface area contributed by atoms with Crippen LogP contribution in [0.25, 0.3) is 0 Å². The molecule has 1 heterocycles. The van der Waals surface area contributed by atoms with Crippen molar-refractivity contribution in [3.63, 3.8) is 0 Å². The Morgan fingerprint density at radius 3 is 2.85 bits per heavy atom. The van der Waals surface area contributed by atoms with Gasteiger partial charge in [0.15, 0.2) is 0 Å². The van der Waals surface area contributed by atoms with Gasteiger partial charge in [-0.15, -0.1) is 0 Å². The topological polar surface area (TPSA) is 61.6 Å². The van der Waals surface area contributed by atoms with Crippen LogP contribution >= 0.6 is 0 Å². The largest absolute Gasteiger partial charge is 0.398 e. The number of piperazine rings is 1. The van der Waals surface area contributed by atoms with Crippen molar-refractivity contribution in [2.45, 2.75) is 13.0 Å². The van der Waals surface area contributed by atoms with E-state index in [0.29, 0.717) is 23.8 Å². The van der Waals surface area contributed by atoms with E-state index in [2.05, 4.69) is 29.2 Å². The van der Waals surface area contributed by atoms with Crippen molar-refractivity contribution >= 4 is 11.6 Å². The molecule has 110 valence electrons. The first-order chi connectivity index (χ1) is 9.47. The molecule has 1 aliphatic rings. The van der Waals surface area contributed by atoms with E-state index in [1.807, 2.05) is 19.1 Å². The number of nitrogens with zero attached hydrogens (tertiary/aromatic N) is 2. The van der Waals surface area contributed by atoms with Gasteiger partial charge in [-0.25, -0.2) is 0 Å². The molecule has 0 saturated carbocycles. The lowest BCUT2D eigenvalue weighted by Gasteiger charge is -2.37. The third-order valence-electron chi connectivity index (χ3n) is 4.02. The summed E-state index contributed by atoms with van der Waals surface area (Å²) in [6.07, 6.45) is 0. The lowest BCUT2D eigenvalue weighted by atomic mass is 10.1. The highest BCUT2D eigenvalue weighted by molar-refractivity contribution is 5.95. The fourth-order valence-electron chi connectivity index (χ4n) is 2.42. The second kappa shape index (κ2) is 6.24. The van der Waals surface area contributed by atoms with E-state index in [1.54, 1.807) is 6.07 Å². The van der Waals surface area contributed by atoms with Gasteiger partial charge in [0.1, 0.15) is 0 Å². The molecule has 3 N–H and O–H groups in total. The van der Waals surface area contributed by atoms with Crippen LogP contribution in [-0.2, 0) is 0 Å². The van der Waals surface area contributed by atoms with E-state index in [4.69, 9.17) is 5.73 Å². The van der Waals surface area contributed by atoms with Gasteiger partial charge in [0.25, 0.3) is 5.91 Å². The van der Waals surface area contributed by atoms with Gasteiger partial charge in [-0.1, -0.05) is 6.07 Å². The van der Waals surface area contributed by atoms with Crippen molar-refractivity contribution in [2.24, 2.45) is 0 Å². The molecule has 0 aliphatic carbocycles. The molecule has 0 aromatic heterocycles. The minimum absolute atomic E-state index is 0.0571. The number of hydrogen-bond acceptors (Lipinski definition) is 4. The van der Waals surface area contributed by atoms with Gasteiger partial charge >= 0.3 is 0 Å². The van der Waals surface area contributed by atoms with Crippen molar-refractivity contribution in [2.75, 3.05) is 46.0 Å². The van der Waals surface area contributed by atoms with Crippen LogP contribution in [0.3, 0.4) is 0 Å². The molecular formula is C15H24N4O. The minimum Gasteiger partial charge on any atom is -0.398 e. The number of carbonyl (C=O) groups excluding carboxylic acids is 1. The van der Waals surface area contributed by atoms with Gasteiger partial charge in [-0.2, -0.15) is 0 Å². The lowest BCUT2D eigenvalue weighted by Crippen LogP contribution is -2.54. The summed E-state index contributed by atoms with van der Waals surface area (Å²) in [5.41, 5.74) is 8.12. The summed E-state index contributed by atoms with van der Waals surface area (Å²) >= 11 is 0. The van der Waals surface area contributed by atoms with E-state index < -0.39 is 0 Å². The van der Waals surface area contributed by atoms with Crippen LogP contribution in [0.15, 0.2) is 18.2 Å². The van der Waals surface area contributed by atoms with Crippen LogP contribution < -0.4 is 11.1 Å². The van der Waals surface area contributed by atoms with Crippen LogP contribution in [0.4, 0.5) is 5.69 Å². The van der Waals surface area contributed by atoms with Crippen LogP contribution in [0.2, 0.25) is 0 Å². The number of anilines is 1. The van der Waals surface area contributed by atoms with E-state index in [1.165, 1.54) is 0 Å². The number of amides is 1. The molecule has 0 bridgehead atoms. The second-order valence-electron chi connectivity index (χ2n) is 5.68. The van der Waals surface area contributed by atoms with E-state index >= 15 is 0 Å². The predicted molar refractivity (Wildman–Crippen MR) is 81.8 cm³/mol. The molecule has 1 atom stereocenters. The number of benzene rings is 1. The minimum atomic E-state index is -0.0571. The average Bonchev–Trinajstić information content (AvgIpc) is 2.42. The molecule has 1 unspecified atom stereocenters. The molecule has 1 saturated heterocycles. The van der Waals surface area contributed by atoms with Crippen LogP contribution in [-0.4, -0.2) is 62.0 Å². The monoisotopic (exact) mass is 276 g/mol. The van der Waals surface area contributed by atoms with E-state index in [-0.39, 0.29) is 5.91 Å². The first-order valence-corrected chi connectivity index (χ1v) is 7.00. The van der Waals surface area contributed by atoms with Crippen LogP contribution in [0, 0.1) is 6.92 Å². The maximum absolute atomic E-state index is 12.1. The summed E-state index contributed by atoms with van der Waals surface area (Å²) in [4.78, 5) is 16.7. The van der Waals surface area contributed by atoms with Crippen molar-refractivity contribution in [3.8, 4) is 0 Å². The Labute approximate surface area is 120 Å². The Bertz CT molecular complexity index is 489. The van der Waals surface area contributed by atoms with Crippen molar-refractivity contribution in [3.05, 3.63) is 29.3 Å². The molecule has 0 radical (unpaired) electrons. The third kappa shape index (κ3) is 3.49. The molecule has 2 rings (SSSR count). The highest BCUT2D eigenvalue weighted by atomic mass is 16.1. The zero-order valence-corrected chi connectivity index (χ0v) is 12.5. The normalized spacial score (nSPS) is 20.9. The summed E-state index contributed by atoms with van der Waals surface area (Å²) in [7, 11) is 4.22. The molecule has 5 heteroatoms. The number of nitrogens with one attached hydrogen (secondary N) is 1. The Balaban J connectivity index is 1.92. The summed E-state index contributed by atoms with van der Waals surface area (Å²) in [6.45, 7) is 5.69. The third-order valence-corrected chi connectivity index (χ3v) is 4.02. The standard InChI is InChI=1S/C15H24N4O/c1-11-4-5-12(8-14(11)16)15(20)17-9-13-10-18(2)6-7-19(13)3/h4-5,8,13H,6-7,9-10,16H2,1-3H3,(H,17,20). The molecule has 0 spiro atoms. The van der Waals surface area contributed by atoms with Gasteiger partial charge in [0.2, 0.25) is 0 Å². The Morgan fingerprint density at radius 2 is 2.15 bits per heavy atom. The predicted octanol–water partition coefficient (Wildman–Crippen LogP) is 0.553. The molecule has 1 aliphatic heterocycles. The summed E-state index contributed by atoms with van der Waals surface area (Å²) in [5, 5.41) is 3.00. The summed E-state index contributed by atoms with van der Waals surface area (Å²) < 4.78 is 0. The number of hydrogen-bond donors (Lipinski definition) is 2. The number of nitrogens with two attached hydrogens (primary N) is 1. The van der Waals surface area contributed by atoms with Gasteiger partial charge in [0.05, 0.1) is 0 Å². The summed E-state index contributed by atoms with van der Waals surface area (Å²) in [5.74, 6) is -0.0571. The lowest BCUT2D eigenvalue weighted by molar-refractivity contribution is 0.0881. The number of aryl methyl sites for hydroxylation is 1. The van der Waals surface area contributed by atoms with Gasteiger partial charge < -0.3 is 16.0 Å². The fourth-order valence-corrected chi connectivity index (χ4v) is 2.42. The SMILES string of the molecule is Cc1ccc(C(=O)NCC2CN(C)CCN2C)cc1N. The van der Waals surface area contributed by atoms with Gasteiger partial charge in [-0.3, -0.25) is 9.69 Å². The number of rotatable bonds is 3. The van der Waals surface area contributed by atoms with E-state index in [0.717, 1.165) is 25.2 Å². The maximum atomic E-state index is 12.1. The number of likely N-dealkylation sites (N-methyl/N-ethyl adjacent to an activating group) is 2. The molecule has 5 nitrogen and oxygen atoms in total. The molecule has 1 aromatic rings. The molecule has 1 fully saturated rings. The fraction of sp³-hybridized carbons (Fsp3) is 0.533. The smallest absolute Gasteiger partial charge is 0.251 e. The van der Waals surface area contributed by atoms with Crippen LogP contribution in [0.5, 0.6) is 0 Å². The molecule has 1 aromatic carbocycles. The molecule has 1 amide bonds. The molecule has 20 heavy (non-hydrogen) atoms. The van der Waals surface area contributed by atoms with E-state index in [9.17, 15) is 4.79 Å². The highest BCUT2D eigenvalue weighted by Gasteiger charge is 2.22. The van der Waals surface area contributed by atoms with Gasteiger partial charge in [-0.05, 0) is 38.7 Å². The zero-order chi connectivity index (χ0) is 14.7. The Kier molecular flexibility index (Phi) is 4.62. The highest BCUT2D eigenvalue weighted by Crippen LogP contribution is 2.13. The maximum Gasteiger partial charge on any atom is 0.251 e. The van der Waals surface area contributed by atoms with Crippen molar-refractivity contribution in [1.82, 2.24) is 15.1 Å². The Morgan fingerprint density at radius 1 is 1.40 bits per heavy atom. The second-order valence-corrected chi connectivity index (χ2v) is 5.68. The zero-order valence-electron chi connectivity index (χ0n) is 12.5. The first kappa shape index (κ1) is 14.8. The summed E-state index contributed by atoms with van der Waals surface area (Å²) in [6, 6.07) is 5.80. The number of nitrogen functional groups attached to an aromatic ring is 1. The average molecular weight is 276 g/mol. The van der Waals surface area contributed by atoms with Gasteiger partial charge in [0, 0.05) is 43.5 Å². The Hall–Kier alpha value is -1.59. The van der Waals surface area contributed by atoms with Crippen molar-refractivity contribution < 1.29 is 4.79 Å². The molecular weight excluding hydrogens is 252 g/mol.